The molecule has 20 heavy (non-hydrogen) atoms. The van der Waals surface area contributed by atoms with Crippen molar-refractivity contribution in [3.63, 3.8) is 0 Å². The third-order valence-electron chi connectivity index (χ3n) is 3.17. The molecule has 0 aliphatic rings. The van der Waals surface area contributed by atoms with E-state index in [1.54, 1.807) is 0 Å². The predicted octanol–water partition coefficient (Wildman–Crippen LogP) is 5.09. The summed E-state index contributed by atoms with van der Waals surface area (Å²) >= 11 is 9.44. The summed E-state index contributed by atoms with van der Waals surface area (Å²) in [7, 11) is 4.12. The fraction of sp³-hybridized carbons (Fsp3) is 0.250. The van der Waals surface area contributed by atoms with Crippen LogP contribution in [0, 0.1) is 6.92 Å². The molecule has 0 amide bonds. The highest BCUT2D eigenvalue weighted by atomic mass is 79.9. The van der Waals surface area contributed by atoms with E-state index in [4.69, 9.17) is 11.6 Å². The lowest BCUT2D eigenvalue weighted by Gasteiger charge is -2.17. The molecule has 0 spiro atoms. The van der Waals surface area contributed by atoms with Gasteiger partial charge in [0.25, 0.3) is 0 Å². The van der Waals surface area contributed by atoms with Crippen LogP contribution in [-0.2, 0) is 6.54 Å². The van der Waals surface area contributed by atoms with Crippen molar-refractivity contribution in [1.82, 2.24) is 0 Å². The standard InChI is InChI=1S/C16H18BrClN2/c1-11-4-6-13(9-16(11)20(2)3)19-10-12-5-7-15(18)14(17)8-12/h4-9,19H,10H2,1-3H3. The summed E-state index contributed by atoms with van der Waals surface area (Å²) in [5.74, 6) is 0. The molecule has 0 unspecified atom stereocenters. The lowest BCUT2D eigenvalue weighted by molar-refractivity contribution is 1.10. The Morgan fingerprint density at radius 3 is 2.55 bits per heavy atom. The van der Waals surface area contributed by atoms with Crippen LogP contribution in [-0.4, -0.2) is 14.1 Å². The van der Waals surface area contributed by atoms with Gasteiger partial charge in [0.1, 0.15) is 0 Å². The molecule has 106 valence electrons. The van der Waals surface area contributed by atoms with Gasteiger partial charge in [-0.15, -0.1) is 0 Å². The Balaban J connectivity index is 2.10. The second-order valence-electron chi connectivity index (χ2n) is 5.00. The van der Waals surface area contributed by atoms with Crippen LogP contribution >= 0.6 is 27.5 Å². The van der Waals surface area contributed by atoms with E-state index in [1.165, 1.54) is 16.8 Å². The first-order valence-corrected chi connectivity index (χ1v) is 7.60. The number of hydrogen-bond acceptors (Lipinski definition) is 2. The van der Waals surface area contributed by atoms with Crippen molar-refractivity contribution in [3.8, 4) is 0 Å². The van der Waals surface area contributed by atoms with Crippen molar-refractivity contribution in [1.29, 1.82) is 0 Å². The van der Waals surface area contributed by atoms with Gasteiger partial charge in [-0.25, -0.2) is 0 Å². The van der Waals surface area contributed by atoms with Crippen LogP contribution in [0.3, 0.4) is 0 Å². The molecule has 0 radical (unpaired) electrons. The smallest absolute Gasteiger partial charge is 0.0548 e. The van der Waals surface area contributed by atoms with Crippen molar-refractivity contribution in [2.75, 3.05) is 24.3 Å². The summed E-state index contributed by atoms with van der Waals surface area (Å²) in [4.78, 5) is 2.12. The fourth-order valence-corrected chi connectivity index (χ4v) is 2.60. The average molecular weight is 354 g/mol. The number of rotatable bonds is 4. The Morgan fingerprint density at radius 1 is 1.15 bits per heavy atom. The van der Waals surface area contributed by atoms with E-state index in [-0.39, 0.29) is 0 Å². The maximum atomic E-state index is 6.00. The average Bonchev–Trinajstić information content (AvgIpc) is 2.41. The summed E-state index contributed by atoms with van der Waals surface area (Å²) in [6.07, 6.45) is 0. The zero-order chi connectivity index (χ0) is 14.7. The van der Waals surface area contributed by atoms with Crippen LogP contribution < -0.4 is 10.2 Å². The minimum atomic E-state index is 0.735. The highest BCUT2D eigenvalue weighted by Gasteiger charge is 2.03. The molecule has 2 nitrogen and oxygen atoms in total. The first-order valence-electron chi connectivity index (χ1n) is 6.43. The van der Waals surface area contributed by atoms with Gasteiger partial charge in [0.2, 0.25) is 0 Å². The van der Waals surface area contributed by atoms with Gasteiger partial charge in [0.05, 0.1) is 5.02 Å². The molecule has 1 N–H and O–H groups in total. The Hall–Kier alpha value is -1.19. The summed E-state index contributed by atoms with van der Waals surface area (Å²) in [6.45, 7) is 2.89. The second-order valence-corrected chi connectivity index (χ2v) is 6.26. The summed E-state index contributed by atoms with van der Waals surface area (Å²) in [5.41, 5.74) is 4.81. The van der Waals surface area contributed by atoms with Crippen molar-refractivity contribution in [3.05, 3.63) is 57.0 Å². The zero-order valence-corrected chi connectivity index (χ0v) is 14.2. The van der Waals surface area contributed by atoms with Gasteiger partial charge >= 0.3 is 0 Å². The molecule has 2 aromatic carbocycles. The van der Waals surface area contributed by atoms with E-state index in [1.807, 2.05) is 18.2 Å². The summed E-state index contributed by atoms with van der Waals surface area (Å²) in [5, 5.41) is 4.17. The van der Waals surface area contributed by atoms with E-state index >= 15 is 0 Å². The highest BCUT2D eigenvalue weighted by molar-refractivity contribution is 9.10. The molecular formula is C16H18BrClN2. The normalized spacial score (nSPS) is 10.4. The summed E-state index contributed by atoms with van der Waals surface area (Å²) < 4.78 is 0.927. The van der Waals surface area contributed by atoms with E-state index < -0.39 is 0 Å². The van der Waals surface area contributed by atoms with Crippen LogP contribution in [0.25, 0.3) is 0 Å². The molecular weight excluding hydrogens is 336 g/mol. The number of nitrogens with one attached hydrogen (secondary N) is 1. The minimum Gasteiger partial charge on any atom is -0.381 e. The van der Waals surface area contributed by atoms with Gasteiger partial charge in [-0.05, 0) is 58.2 Å². The zero-order valence-electron chi connectivity index (χ0n) is 11.9. The molecule has 0 atom stereocenters. The molecule has 0 aliphatic carbocycles. The van der Waals surface area contributed by atoms with Gasteiger partial charge in [-0.3, -0.25) is 0 Å². The Kier molecular flexibility index (Phi) is 4.95. The molecule has 0 fully saturated rings. The molecule has 4 heteroatoms. The third-order valence-corrected chi connectivity index (χ3v) is 4.39. The van der Waals surface area contributed by atoms with E-state index in [0.717, 1.165) is 21.7 Å². The van der Waals surface area contributed by atoms with Crippen molar-refractivity contribution >= 4 is 38.9 Å². The molecule has 0 saturated heterocycles. The van der Waals surface area contributed by atoms with Crippen LogP contribution in [0.4, 0.5) is 11.4 Å². The quantitative estimate of drug-likeness (QED) is 0.823. The Morgan fingerprint density at radius 2 is 1.90 bits per heavy atom. The van der Waals surface area contributed by atoms with E-state index in [9.17, 15) is 0 Å². The van der Waals surface area contributed by atoms with Gasteiger partial charge < -0.3 is 10.2 Å². The maximum absolute atomic E-state index is 6.00. The number of halogens is 2. The predicted molar refractivity (Wildman–Crippen MR) is 92.0 cm³/mol. The Bertz CT molecular complexity index is 611. The molecule has 0 heterocycles. The maximum Gasteiger partial charge on any atom is 0.0548 e. The molecule has 2 rings (SSSR count). The first-order chi connectivity index (χ1) is 9.47. The SMILES string of the molecule is Cc1ccc(NCc2ccc(Cl)c(Br)c2)cc1N(C)C. The molecule has 0 aromatic heterocycles. The van der Waals surface area contributed by atoms with E-state index in [0.29, 0.717) is 0 Å². The monoisotopic (exact) mass is 352 g/mol. The van der Waals surface area contributed by atoms with Gasteiger partial charge in [0.15, 0.2) is 0 Å². The number of hydrogen-bond donors (Lipinski definition) is 1. The highest BCUT2D eigenvalue weighted by Crippen LogP contribution is 2.25. The van der Waals surface area contributed by atoms with Crippen molar-refractivity contribution in [2.45, 2.75) is 13.5 Å². The van der Waals surface area contributed by atoms with Crippen molar-refractivity contribution in [2.24, 2.45) is 0 Å². The number of aryl methyl sites for hydroxylation is 1. The van der Waals surface area contributed by atoms with Crippen molar-refractivity contribution < 1.29 is 0 Å². The largest absolute Gasteiger partial charge is 0.381 e. The second kappa shape index (κ2) is 6.51. The lowest BCUT2D eigenvalue weighted by Crippen LogP contribution is -2.10. The van der Waals surface area contributed by atoms with Gasteiger partial charge in [-0.1, -0.05) is 23.7 Å². The van der Waals surface area contributed by atoms with Crippen LogP contribution in [0.1, 0.15) is 11.1 Å². The van der Waals surface area contributed by atoms with E-state index in [2.05, 4.69) is 65.4 Å². The lowest BCUT2D eigenvalue weighted by atomic mass is 10.1. The van der Waals surface area contributed by atoms with Crippen LogP contribution in [0.15, 0.2) is 40.9 Å². The van der Waals surface area contributed by atoms with Crippen LogP contribution in [0.2, 0.25) is 5.02 Å². The van der Waals surface area contributed by atoms with Gasteiger partial charge in [-0.2, -0.15) is 0 Å². The molecule has 0 bridgehead atoms. The topological polar surface area (TPSA) is 15.3 Å². The first kappa shape index (κ1) is 15.2. The number of anilines is 2. The molecule has 0 aliphatic heterocycles. The minimum absolute atomic E-state index is 0.735. The van der Waals surface area contributed by atoms with Gasteiger partial charge in [0, 0.05) is 36.5 Å². The molecule has 2 aromatic rings. The number of benzene rings is 2. The fourth-order valence-electron chi connectivity index (χ4n) is 2.05. The van der Waals surface area contributed by atoms with Crippen LogP contribution in [0.5, 0.6) is 0 Å². The third kappa shape index (κ3) is 3.68. The number of nitrogens with zero attached hydrogens (tertiary/aromatic N) is 1. The summed E-state index contributed by atoms with van der Waals surface area (Å²) in [6, 6.07) is 12.4. The Labute approximate surface area is 133 Å². The molecule has 0 saturated carbocycles.